The van der Waals surface area contributed by atoms with Crippen LogP contribution in [0.3, 0.4) is 0 Å². The van der Waals surface area contributed by atoms with E-state index >= 15 is 0 Å². The maximum atomic E-state index is 2.76. The summed E-state index contributed by atoms with van der Waals surface area (Å²) in [5.74, 6) is 36.0. The van der Waals surface area contributed by atoms with Crippen LogP contribution in [0, 0.1) is 349 Å². The van der Waals surface area contributed by atoms with E-state index in [2.05, 4.69) is 436 Å². The molecule has 0 aromatic carbocycles. The lowest BCUT2D eigenvalue weighted by Crippen LogP contribution is -2.62. The monoisotopic (exact) mass is 1880 g/mol. The van der Waals surface area contributed by atoms with E-state index in [1.807, 2.05) is 0 Å². The Morgan fingerprint density at radius 1 is 0.0746 bits per heavy atom. The molecule has 0 aliphatic carbocycles. The molecule has 0 heteroatoms. The van der Waals surface area contributed by atoms with Gasteiger partial charge in [-0.25, -0.2) is 0 Å². The van der Waals surface area contributed by atoms with Crippen LogP contribution in [-0.2, 0) is 0 Å². The van der Waals surface area contributed by atoms with Gasteiger partial charge < -0.3 is 0 Å². The molecule has 0 nitrogen and oxygen atoms in total. The van der Waals surface area contributed by atoms with Crippen LogP contribution in [-0.4, -0.2) is 0 Å². The largest absolute Gasteiger partial charge is 0.0628 e. The third-order valence-corrected chi connectivity index (χ3v) is 37.5. The van der Waals surface area contributed by atoms with Gasteiger partial charge in [0.2, 0.25) is 0 Å². The predicted octanol–water partition coefficient (Wildman–Crippen LogP) is 44.3. The number of hydrogen-bond donors (Lipinski definition) is 0. The highest BCUT2D eigenvalue weighted by Crippen LogP contribution is 2.69. The zero-order chi connectivity index (χ0) is 106. The minimum absolute atomic E-state index is 0.444. The smallest absolute Gasteiger partial charge is 0.0312 e. The predicted molar refractivity (Wildman–Crippen MR) is 619 cm³/mol. The lowest BCUT2D eigenvalue weighted by molar-refractivity contribution is -0.191. The number of hydrogen-bond acceptors (Lipinski definition) is 0. The second-order valence-electron chi connectivity index (χ2n) is 60.4. The molecular weight excluding hydrogens is 1610 g/mol. The third-order valence-electron chi connectivity index (χ3n) is 37.5. The standard InChI is InChI=1S/C94H190.C40H82/c1-49(2)73(50(3)4)85(74(51(5)6)52(7)8)91(86(75(53(9)10)54(11)12)76(55(13)14)56(15)16)94(92(87(77(57(17)18)58(19)20)78(59(21)22)60(23)24)88(79(61(25)26)62(27)28)80(63(29)30)64(31)32)93(89(81(65(33)34)66(35)36)82(67(37)38)68(39)40)90(83(69(41)42)70(43)44)84(71(45)46)72(47)48;1-28(2)16-31(7)19-34(10)21-35(11)22-36(12)23-37(13)24-39(15)27-40(25-33(9)18-30(5)6)26-38(14)20-32(8)17-29(3)4/h49-94H,1-48H3;28-40H,16-27H2,1-15H3. The normalized spacial score (nSPS) is 16.4. The summed E-state index contributed by atoms with van der Waals surface area (Å²) in [7, 11) is 0. The van der Waals surface area contributed by atoms with Crippen molar-refractivity contribution in [1.82, 2.24) is 0 Å². The molecule has 10 atom stereocenters. The van der Waals surface area contributed by atoms with Crippen LogP contribution < -0.4 is 0 Å². The van der Waals surface area contributed by atoms with E-state index in [4.69, 9.17) is 0 Å². The van der Waals surface area contributed by atoms with Crippen molar-refractivity contribution in [2.24, 2.45) is 349 Å². The highest BCUT2D eigenvalue weighted by atomic mass is 14.7. The fourth-order valence-corrected chi connectivity index (χ4v) is 37.0. The molecule has 0 aliphatic heterocycles. The van der Waals surface area contributed by atoms with E-state index in [0.717, 1.165) is 76.9 Å². The van der Waals surface area contributed by atoms with Gasteiger partial charge in [0.1, 0.15) is 0 Å². The van der Waals surface area contributed by atoms with Gasteiger partial charge in [-0.05, 0) is 426 Å². The SMILES string of the molecule is CC(C)C(C(C)C)C(C(C(C)C)C(C)C)C(C(C(C(C)C)C(C)C)C(C(C)C)C(C)C)C(C(C(C(C(C)C)C(C)C)C(C(C)C)C(C)C)C(C(C(C)C)C(C)C)C(C(C)C)C(C)C)C(C(C(C(C)C)C(C)C)C(C(C)C)C(C)C)C(C(C(C)C)C(C)C)C(C(C)C)C(C)C.CC(C)CC(C)CC(C)CC(C)CC(C)CC(C)CC(C)CC(CC(C)CC(C)C)CC(C)CC(C)CC(C)C. The van der Waals surface area contributed by atoms with E-state index in [1.54, 1.807) is 0 Å². The van der Waals surface area contributed by atoms with Crippen LogP contribution in [0.5, 0.6) is 0 Å². The summed E-state index contributed by atoms with van der Waals surface area (Å²) >= 11 is 0. The Labute approximate surface area is 856 Å². The highest BCUT2D eigenvalue weighted by molar-refractivity contribution is 5.12. The Hall–Kier alpha value is 0. The molecule has 0 bridgehead atoms. The van der Waals surface area contributed by atoms with Crippen LogP contribution in [0.1, 0.15) is 513 Å². The zero-order valence-corrected chi connectivity index (χ0v) is 106. The van der Waals surface area contributed by atoms with Gasteiger partial charge in [0, 0.05) is 0 Å². The van der Waals surface area contributed by atoms with Gasteiger partial charge >= 0.3 is 0 Å². The Balaban J connectivity index is 0. The van der Waals surface area contributed by atoms with Crippen molar-refractivity contribution in [2.45, 2.75) is 513 Å². The lowest BCUT2D eigenvalue weighted by atomic mass is 9.38. The molecule has 0 aliphatic rings. The van der Waals surface area contributed by atoms with Crippen molar-refractivity contribution >= 4 is 0 Å². The van der Waals surface area contributed by atoms with Gasteiger partial charge in [0.15, 0.2) is 0 Å². The zero-order valence-electron chi connectivity index (χ0n) is 106. The lowest BCUT2D eigenvalue weighted by Gasteiger charge is -2.66. The Kier molecular flexibility index (Phi) is 65.9. The summed E-state index contributed by atoms with van der Waals surface area (Å²) in [4.78, 5) is 0. The molecule has 0 saturated heterocycles. The molecule has 10 unspecified atom stereocenters. The Morgan fingerprint density at radius 2 is 0.142 bits per heavy atom. The molecule has 808 valence electrons. The van der Waals surface area contributed by atoms with Crippen molar-refractivity contribution in [3.8, 4) is 0 Å². The molecule has 134 heavy (non-hydrogen) atoms. The van der Waals surface area contributed by atoms with E-state index in [1.165, 1.54) is 77.0 Å². The fraction of sp³-hybridized carbons (Fsp3) is 1.00. The van der Waals surface area contributed by atoms with E-state index in [-0.39, 0.29) is 0 Å². The Morgan fingerprint density at radius 3 is 0.224 bits per heavy atom. The van der Waals surface area contributed by atoms with Crippen LogP contribution in [0.15, 0.2) is 0 Å². The van der Waals surface area contributed by atoms with Gasteiger partial charge in [-0.15, -0.1) is 0 Å². The van der Waals surface area contributed by atoms with Gasteiger partial charge in [-0.2, -0.15) is 0 Å². The summed E-state index contributed by atoms with van der Waals surface area (Å²) in [6.45, 7) is 170. The van der Waals surface area contributed by atoms with E-state index in [0.29, 0.717) is 272 Å². The average molecular weight is 1880 g/mol. The summed E-state index contributed by atoms with van der Waals surface area (Å²) in [5.41, 5.74) is 0. The maximum Gasteiger partial charge on any atom is -0.0312 e. The first-order valence-corrected chi connectivity index (χ1v) is 61.2. The highest BCUT2D eigenvalue weighted by Gasteiger charge is 2.65. The summed E-state index contributed by atoms with van der Waals surface area (Å²) in [6, 6.07) is 0. The van der Waals surface area contributed by atoms with Crippen molar-refractivity contribution in [1.29, 1.82) is 0 Å². The van der Waals surface area contributed by atoms with Crippen molar-refractivity contribution in [2.75, 3.05) is 0 Å². The van der Waals surface area contributed by atoms with E-state index < -0.39 is 0 Å². The molecule has 0 rings (SSSR count). The first-order chi connectivity index (χ1) is 61.2. The van der Waals surface area contributed by atoms with Crippen molar-refractivity contribution < 1.29 is 0 Å². The van der Waals surface area contributed by atoms with Gasteiger partial charge in [-0.3, -0.25) is 0 Å². The molecule has 0 aromatic rings. The van der Waals surface area contributed by atoms with Gasteiger partial charge in [0.25, 0.3) is 0 Å². The molecular formula is C134H272. The summed E-state index contributed by atoms with van der Waals surface area (Å²) < 4.78 is 0. The van der Waals surface area contributed by atoms with Gasteiger partial charge in [0.05, 0.1) is 0 Å². The van der Waals surface area contributed by atoms with Crippen molar-refractivity contribution in [3.63, 3.8) is 0 Å². The molecule has 0 N–H and O–H groups in total. The van der Waals surface area contributed by atoms with Crippen molar-refractivity contribution in [3.05, 3.63) is 0 Å². The maximum absolute atomic E-state index is 2.76. The average Bonchev–Trinajstić information content (AvgIpc) is 0.706. The fourth-order valence-electron chi connectivity index (χ4n) is 37.0. The molecule has 0 fully saturated rings. The first-order valence-electron chi connectivity index (χ1n) is 61.2. The van der Waals surface area contributed by atoms with Crippen LogP contribution in [0.4, 0.5) is 0 Å². The Bertz CT molecular complexity index is 2240. The van der Waals surface area contributed by atoms with Crippen LogP contribution >= 0.6 is 0 Å². The quantitative estimate of drug-likeness (QED) is 0.0569. The number of rotatable bonds is 69. The molecule has 0 spiro atoms. The summed E-state index contributed by atoms with van der Waals surface area (Å²) in [6.07, 6.45) is 17.0. The van der Waals surface area contributed by atoms with Crippen LogP contribution in [0.2, 0.25) is 0 Å². The van der Waals surface area contributed by atoms with E-state index in [9.17, 15) is 0 Å². The molecule has 0 aromatic heterocycles. The second kappa shape index (κ2) is 64.9. The molecule has 0 heterocycles. The summed E-state index contributed by atoms with van der Waals surface area (Å²) in [5, 5.41) is 0. The molecule has 0 amide bonds. The second-order valence-corrected chi connectivity index (χ2v) is 60.4. The van der Waals surface area contributed by atoms with Gasteiger partial charge in [-0.1, -0.05) is 436 Å². The minimum atomic E-state index is 0.444. The first kappa shape index (κ1) is 136. The molecule has 0 saturated carbocycles. The van der Waals surface area contributed by atoms with Crippen LogP contribution in [0.25, 0.3) is 0 Å². The molecule has 0 radical (unpaired) electrons. The minimum Gasteiger partial charge on any atom is -0.0628 e. The topological polar surface area (TPSA) is 0 Å². The third kappa shape index (κ3) is 43.6.